The second-order valence-electron chi connectivity index (χ2n) is 6.38. The molecule has 5 nitrogen and oxygen atoms in total. The van der Waals surface area contributed by atoms with E-state index in [2.05, 4.69) is 0 Å². The van der Waals surface area contributed by atoms with Crippen LogP contribution in [0, 0.1) is 0 Å². The molecule has 132 valence electrons. The normalized spacial score (nSPS) is 15.2. The van der Waals surface area contributed by atoms with Crippen molar-refractivity contribution in [2.45, 2.75) is 24.3 Å². The largest absolute Gasteiger partial charge is 0.495 e. The van der Waals surface area contributed by atoms with Crippen molar-refractivity contribution in [3.63, 3.8) is 0 Å². The highest BCUT2D eigenvalue weighted by Gasteiger charge is 2.27. The van der Waals surface area contributed by atoms with E-state index in [1.54, 1.807) is 42.5 Å². The van der Waals surface area contributed by atoms with Gasteiger partial charge in [-0.25, -0.2) is 8.42 Å². The van der Waals surface area contributed by atoms with Crippen LogP contribution >= 0.6 is 0 Å². The summed E-state index contributed by atoms with van der Waals surface area (Å²) in [5.41, 5.74) is 0.825. The molecule has 0 aromatic heterocycles. The van der Waals surface area contributed by atoms with Gasteiger partial charge in [-0.1, -0.05) is 18.2 Å². The number of rotatable bonds is 4. The number of nitrogens with zero attached hydrogens (tertiary/aromatic N) is 1. The number of anilines is 1. The second-order valence-corrected chi connectivity index (χ2v) is 8.35. The summed E-state index contributed by atoms with van der Waals surface area (Å²) in [6, 6.07) is 11.9. The summed E-state index contributed by atoms with van der Waals surface area (Å²) >= 11 is 0. The van der Waals surface area contributed by atoms with Crippen LogP contribution in [0.3, 0.4) is 0 Å². The van der Waals surface area contributed by atoms with Crippen molar-refractivity contribution in [2.75, 3.05) is 18.5 Å². The van der Waals surface area contributed by atoms with E-state index in [0.717, 1.165) is 5.56 Å². The summed E-state index contributed by atoms with van der Waals surface area (Å²) < 4.78 is 38.4. The maximum absolute atomic E-state index is 13.0. The Bertz CT molecular complexity index is 932. The summed E-state index contributed by atoms with van der Waals surface area (Å²) in [6.45, 7) is 3.90. The zero-order valence-electron chi connectivity index (χ0n) is 14.7. The molecule has 0 spiro atoms. The third-order valence-corrected chi connectivity index (χ3v) is 5.87. The van der Waals surface area contributed by atoms with Crippen molar-refractivity contribution in [1.82, 2.24) is 0 Å². The molecule has 0 saturated carbocycles. The SMILES string of the molecule is COc1ccccc1N(C)S(=O)(=O)c1ccc2c(c1)C=CC(C)(C)O2. The van der Waals surface area contributed by atoms with Crippen LogP contribution in [0.2, 0.25) is 0 Å². The summed E-state index contributed by atoms with van der Waals surface area (Å²) in [6.07, 6.45) is 3.80. The molecule has 0 saturated heterocycles. The van der Waals surface area contributed by atoms with Crippen molar-refractivity contribution in [1.29, 1.82) is 0 Å². The fourth-order valence-electron chi connectivity index (χ4n) is 2.70. The van der Waals surface area contributed by atoms with Gasteiger partial charge in [0.25, 0.3) is 10.0 Å². The number of fused-ring (bicyclic) bond motifs is 1. The van der Waals surface area contributed by atoms with Crippen LogP contribution in [0.25, 0.3) is 6.08 Å². The minimum absolute atomic E-state index is 0.201. The number of hydrogen-bond donors (Lipinski definition) is 0. The Balaban J connectivity index is 2.01. The first-order valence-corrected chi connectivity index (χ1v) is 9.33. The molecule has 0 aliphatic carbocycles. The van der Waals surface area contributed by atoms with E-state index in [0.29, 0.717) is 17.2 Å². The zero-order valence-corrected chi connectivity index (χ0v) is 15.5. The number of ether oxygens (including phenoxy) is 2. The molecule has 1 aliphatic rings. The summed E-state index contributed by atoms with van der Waals surface area (Å²) in [4.78, 5) is 0.201. The van der Waals surface area contributed by atoms with Crippen molar-refractivity contribution in [2.24, 2.45) is 0 Å². The first kappa shape index (κ1) is 17.4. The zero-order chi connectivity index (χ0) is 18.2. The van der Waals surface area contributed by atoms with E-state index in [1.807, 2.05) is 26.0 Å². The molecule has 2 aromatic carbocycles. The van der Waals surface area contributed by atoms with Gasteiger partial charge in [-0.05, 0) is 50.3 Å². The highest BCUT2D eigenvalue weighted by atomic mass is 32.2. The number of benzene rings is 2. The van der Waals surface area contributed by atoms with Crippen LogP contribution in [0.4, 0.5) is 5.69 Å². The Morgan fingerprint density at radius 1 is 1.12 bits per heavy atom. The van der Waals surface area contributed by atoms with Crippen molar-refractivity contribution < 1.29 is 17.9 Å². The Morgan fingerprint density at radius 3 is 2.56 bits per heavy atom. The highest BCUT2D eigenvalue weighted by molar-refractivity contribution is 7.92. The molecular weight excluding hydrogens is 338 g/mol. The van der Waals surface area contributed by atoms with Gasteiger partial charge in [0.15, 0.2) is 0 Å². The first-order chi connectivity index (χ1) is 11.7. The van der Waals surface area contributed by atoms with Crippen LogP contribution in [0.1, 0.15) is 19.4 Å². The summed E-state index contributed by atoms with van der Waals surface area (Å²) in [5, 5.41) is 0. The molecule has 6 heteroatoms. The van der Waals surface area contributed by atoms with Gasteiger partial charge in [-0.15, -0.1) is 0 Å². The molecule has 2 aromatic rings. The quantitative estimate of drug-likeness (QED) is 0.835. The lowest BCUT2D eigenvalue weighted by atomic mass is 10.0. The highest BCUT2D eigenvalue weighted by Crippen LogP contribution is 2.35. The molecule has 0 N–H and O–H groups in total. The summed E-state index contributed by atoms with van der Waals surface area (Å²) in [5.74, 6) is 1.17. The standard InChI is InChI=1S/C19H21NO4S/c1-19(2)12-11-14-13-15(9-10-17(14)24-19)25(21,22)20(3)16-7-5-6-8-18(16)23-4/h5-13H,1-4H3. The van der Waals surface area contributed by atoms with E-state index in [9.17, 15) is 8.42 Å². The molecule has 0 atom stereocenters. The predicted molar refractivity (Wildman–Crippen MR) is 98.8 cm³/mol. The average Bonchev–Trinajstić information content (AvgIpc) is 2.59. The van der Waals surface area contributed by atoms with Crippen LogP contribution in [0.5, 0.6) is 11.5 Å². The van der Waals surface area contributed by atoms with Gasteiger partial charge in [-0.3, -0.25) is 4.31 Å². The number of hydrogen-bond acceptors (Lipinski definition) is 4. The molecule has 3 rings (SSSR count). The van der Waals surface area contributed by atoms with Gasteiger partial charge in [0.2, 0.25) is 0 Å². The lowest BCUT2D eigenvalue weighted by molar-refractivity contribution is 0.159. The molecule has 1 heterocycles. The van der Waals surface area contributed by atoms with Crippen molar-refractivity contribution >= 4 is 21.8 Å². The van der Waals surface area contributed by atoms with Gasteiger partial charge in [-0.2, -0.15) is 0 Å². The fourth-order valence-corrected chi connectivity index (χ4v) is 3.94. The summed E-state index contributed by atoms with van der Waals surface area (Å²) in [7, 11) is -0.691. The van der Waals surface area contributed by atoms with Gasteiger partial charge in [0.1, 0.15) is 17.1 Å². The topological polar surface area (TPSA) is 55.8 Å². The van der Waals surface area contributed by atoms with Crippen LogP contribution in [0.15, 0.2) is 53.4 Å². The molecular formula is C19H21NO4S. The van der Waals surface area contributed by atoms with E-state index < -0.39 is 15.6 Å². The molecule has 25 heavy (non-hydrogen) atoms. The minimum atomic E-state index is -3.72. The minimum Gasteiger partial charge on any atom is -0.495 e. The van der Waals surface area contributed by atoms with Gasteiger partial charge < -0.3 is 9.47 Å². The predicted octanol–water partition coefficient (Wildman–Crippen LogP) is 3.70. The van der Waals surface area contributed by atoms with Crippen LogP contribution < -0.4 is 13.8 Å². The monoisotopic (exact) mass is 359 g/mol. The Morgan fingerprint density at radius 2 is 1.84 bits per heavy atom. The third kappa shape index (κ3) is 3.22. The van der Waals surface area contributed by atoms with E-state index in [4.69, 9.17) is 9.47 Å². The molecule has 0 radical (unpaired) electrons. The third-order valence-electron chi connectivity index (χ3n) is 4.10. The maximum atomic E-state index is 13.0. The van der Waals surface area contributed by atoms with Crippen LogP contribution in [-0.2, 0) is 10.0 Å². The second kappa shape index (κ2) is 6.11. The molecule has 0 amide bonds. The van der Waals surface area contributed by atoms with Crippen LogP contribution in [-0.4, -0.2) is 28.2 Å². The first-order valence-electron chi connectivity index (χ1n) is 7.89. The van der Waals surface area contributed by atoms with E-state index in [-0.39, 0.29) is 4.90 Å². The number of methoxy groups -OCH3 is 1. The molecule has 0 bridgehead atoms. The number of para-hydroxylation sites is 2. The Kier molecular flexibility index (Phi) is 4.24. The molecule has 1 aliphatic heterocycles. The fraction of sp³-hybridized carbons (Fsp3) is 0.263. The van der Waals surface area contributed by atoms with Gasteiger partial charge in [0, 0.05) is 12.6 Å². The van der Waals surface area contributed by atoms with Gasteiger partial charge >= 0.3 is 0 Å². The maximum Gasteiger partial charge on any atom is 0.264 e. The lowest BCUT2D eigenvalue weighted by Crippen LogP contribution is -2.29. The Labute approximate surface area is 148 Å². The number of sulfonamides is 1. The van der Waals surface area contributed by atoms with Gasteiger partial charge in [0.05, 0.1) is 17.7 Å². The Hall–Kier alpha value is -2.47. The lowest BCUT2D eigenvalue weighted by Gasteiger charge is -2.28. The smallest absolute Gasteiger partial charge is 0.264 e. The van der Waals surface area contributed by atoms with E-state index in [1.165, 1.54) is 18.5 Å². The molecule has 0 fully saturated rings. The van der Waals surface area contributed by atoms with Crippen molar-refractivity contribution in [3.8, 4) is 11.5 Å². The van der Waals surface area contributed by atoms with E-state index >= 15 is 0 Å². The average molecular weight is 359 g/mol. The molecule has 0 unspecified atom stereocenters. The van der Waals surface area contributed by atoms with Crippen molar-refractivity contribution in [3.05, 3.63) is 54.1 Å².